The first-order chi connectivity index (χ1) is 14.3. The predicted molar refractivity (Wildman–Crippen MR) is 118 cm³/mol. The first-order valence-corrected chi connectivity index (χ1v) is 12.0. The number of pyridine rings is 1. The van der Waals surface area contributed by atoms with E-state index < -0.39 is 20.5 Å². The maximum Gasteiger partial charge on any atom is 0.187 e. The zero-order chi connectivity index (χ0) is 21.3. The zero-order valence-corrected chi connectivity index (χ0v) is 18.2. The topological polar surface area (TPSA) is 72.0 Å². The van der Waals surface area contributed by atoms with E-state index in [2.05, 4.69) is 15.3 Å². The molecule has 9 heteroatoms. The molecule has 0 aliphatic carbocycles. The molecule has 0 bridgehead atoms. The molecule has 1 atom stereocenters. The largest absolute Gasteiger partial charge is 0.377 e. The third-order valence-electron chi connectivity index (χ3n) is 4.71. The van der Waals surface area contributed by atoms with Gasteiger partial charge in [0.15, 0.2) is 9.84 Å². The summed E-state index contributed by atoms with van der Waals surface area (Å²) >= 11 is 7.52. The monoisotopic (exact) mass is 461 g/mol. The molecule has 1 N–H and O–H groups in total. The van der Waals surface area contributed by atoms with Crippen molar-refractivity contribution in [1.82, 2.24) is 9.97 Å². The van der Waals surface area contributed by atoms with E-state index in [-0.39, 0.29) is 16.8 Å². The van der Waals surface area contributed by atoms with Gasteiger partial charge in [0.25, 0.3) is 0 Å². The highest BCUT2D eigenvalue weighted by atomic mass is 35.5. The van der Waals surface area contributed by atoms with E-state index in [1.807, 2.05) is 31.2 Å². The lowest BCUT2D eigenvalue weighted by Crippen LogP contribution is -2.11. The Morgan fingerprint density at radius 3 is 2.83 bits per heavy atom. The van der Waals surface area contributed by atoms with Crippen LogP contribution >= 0.6 is 22.9 Å². The van der Waals surface area contributed by atoms with Crippen LogP contribution in [0.15, 0.2) is 65.3 Å². The molecule has 4 rings (SSSR count). The number of sulfone groups is 1. The Hall–Kier alpha value is -2.55. The van der Waals surface area contributed by atoms with Gasteiger partial charge in [-0.1, -0.05) is 29.8 Å². The minimum Gasteiger partial charge on any atom is -0.377 e. The molecule has 154 valence electrons. The van der Waals surface area contributed by atoms with Gasteiger partial charge in [0.05, 0.1) is 10.7 Å². The van der Waals surface area contributed by atoms with E-state index in [0.717, 1.165) is 28.5 Å². The third-order valence-corrected chi connectivity index (χ3v) is 7.62. The molecule has 0 unspecified atom stereocenters. The number of hydrogen-bond acceptors (Lipinski definition) is 6. The molecule has 0 amide bonds. The summed E-state index contributed by atoms with van der Waals surface area (Å²) in [6.07, 6.45) is 5.01. The number of rotatable bonds is 6. The van der Waals surface area contributed by atoms with Crippen LogP contribution < -0.4 is 5.32 Å². The van der Waals surface area contributed by atoms with Crippen LogP contribution in [0, 0.1) is 5.82 Å². The van der Waals surface area contributed by atoms with Crippen molar-refractivity contribution in [3.8, 4) is 0 Å². The fraction of sp³-hybridized carbons (Fsp3) is 0.143. The van der Waals surface area contributed by atoms with Crippen LogP contribution in [0.1, 0.15) is 23.5 Å². The maximum atomic E-state index is 14.8. The van der Waals surface area contributed by atoms with Crippen LogP contribution in [0.25, 0.3) is 10.8 Å². The summed E-state index contributed by atoms with van der Waals surface area (Å²) < 4.78 is 40.0. The molecule has 2 aromatic heterocycles. The van der Waals surface area contributed by atoms with Gasteiger partial charge in [-0.2, -0.15) is 0 Å². The van der Waals surface area contributed by atoms with E-state index in [4.69, 9.17) is 11.6 Å². The van der Waals surface area contributed by atoms with Crippen LogP contribution in [0.3, 0.4) is 0 Å². The van der Waals surface area contributed by atoms with Gasteiger partial charge in [0, 0.05) is 35.4 Å². The number of benzene rings is 2. The van der Waals surface area contributed by atoms with Crippen molar-refractivity contribution < 1.29 is 12.8 Å². The van der Waals surface area contributed by atoms with Crippen molar-refractivity contribution in [2.75, 3.05) is 5.32 Å². The van der Waals surface area contributed by atoms with E-state index >= 15 is 0 Å². The number of hydrogen-bond donors (Lipinski definition) is 1. The van der Waals surface area contributed by atoms with Crippen molar-refractivity contribution in [1.29, 1.82) is 0 Å². The Morgan fingerprint density at radius 2 is 2.07 bits per heavy atom. The second kappa shape index (κ2) is 8.29. The van der Waals surface area contributed by atoms with Crippen LogP contribution in [-0.4, -0.2) is 18.4 Å². The van der Waals surface area contributed by atoms with E-state index in [0.29, 0.717) is 10.7 Å². The second-order valence-corrected chi connectivity index (χ2v) is 10.1. The van der Waals surface area contributed by atoms with Crippen LogP contribution in [-0.2, 0) is 15.6 Å². The Labute approximate surface area is 182 Å². The van der Waals surface area contributed by atoms with Crippen LogP contribution in [0.4, 0.5) is 10.1 Å². The number of nitrogens with one attached hydrogen (secondary N) is 1. The smallest absolute Gasteiger partial charge is 0.187 e. The molecule has 0 fully saturated rings. The average Bonchev–Trinajstić information content (AvgIpc) is 3.22. The predicted octanol–water partition coefficient (Wildman–Crippen LogP) is 5.63. The van der Waals surface area contributed by atoms with Gasteiger partial charge in [-0.05, 0) is 36.1 Å². The first kappa shape index (κ1) is 20.7. The number of anilines is 1. The lowest BCUT2D eigenvalue weighted by molar-refractivity contribution is 0.566. The molecule has 4 aromatic rings. The minimum absolute atomic E-state index is 0.124. The van der Waals surface area contributed by atoms with Crippen LogP contribution in [0.2, 0.25) is 5.02 Å². The Balaban J connectivity index is 1.63. The quantitative estimate of drug-likeness (QED) is 0.403. The first-order valence-electron chi connectivity index (χ1n) is 9.04. The van der Waals surface area contributed by atoms with Gasteiger partial charge < -0.3 is 5.32 Å². The van der Waals surface area contributed by atoms with Gasteiger partial charge in [0.2, 0.25) is 0 Å². The molecule has 5 nitrogen and oxygen atoms in total. The van der Waals surface area contributed by atoms with Crippen molar-refractivity contribution in [2.45, 2.75) is 23.6 Å². The molecule has 0 saturated heterocycles. The third kappa shape index (κ3) is 4.16. The number of aromatic nitrogens is 2. The summed E-state index contributed by atoms with van der Waals surface area (Å²) in [5.41, 5.74) is 1.29. The fourth-order valence-electron chi connectivity index (χ4n) is 3.27. The van der Waals surface area contributed by atoms with Gasteiger partial charge >= 0.3 is 0 Å². The van der Waals surface area contributed by atoms with Crippen molar-refractivity contribution in [3.05, 3.63) is 81.8 Å². The van der Waals surface area contributed by atoms with Crippen molar-refractivity contribution >= 4 is 49.2 Å². The fourth-order valence-corrected chi connectivity index (χ4v) is 5.90. The SMILES string of the molecule is C[C@@H](Nc1cc(F)c(S(=O)(=O)Cc2nccs2)cc1Cl)c1cccc2ccncc12. The molecule has 0 radical (unpaired) electrons. The van der Waals surface area contributed by atoms with Gasteiger partial charge in [-0.25, -0.2) is 17.8 Å². The summed E-state index contributed by atoms with van der Waals surface area (Å²) in [5, 5.41) is 7.38. The molecule has 0 aliphatic rings. The molecule has 30 heavy (non-hydrogen) atoms. The van der Waals surface area contributed by atoms with E-state index in [9.17, 15) is 12.8 Å². The lowest BCUT2D eigenvalue weighted by atomic mass is 10.0. The number of halogens is 2. The lowest BCUT2D eigenvalue weighted by Gasteiger charge is -2.19. The summed E-state index contributed by atoms with van der Waals surface area (Å²) in [7, 11) is -3.91. The zero-order valence-electron chi connectivity index (χ0n) is 15.8. The molecular formula is C21H17ClFN3O2S2. The summed E-state index contributed by atoms with van der Waals surface area (Å²) in [6, 6.07) is 9.86. The number of fused-ring (bicyclic) bond motifs is 1. The molecule has 2 heterocycles. The summed E-state index contributed by atoms with van der Waals surface area (Å²) in [5.74, 6) is -1.23. The standard InChI is InChI=1S/C21H17ClFN3O2S2/c1-13(15-4-2-3-14-5-6-24-11-16(14)15)26-19-10-18(23)20(9-17(19)22)30(27,28)12-21-25-7-8-29-21/h2-11,13,26H,12H2,1H3/t13-/m1/s1. The van der Waals surface area contributed by atoms with Crippen molar-refractivity contribution in [2.24, 2.45) is 0 Å². The molecule has 0 aliphatic heterocycles. The Kier molecular flexibility index (Phi) is 5.73. The summed E-state index contributed by atoms with van der Waals surface area (Å²) in [4.78, 5) is 7.70. The number of nitrogens with zero attached hydrogens (tertiary/aromatic N) is 2. The molecular weight excluding hydrogens is 445 g/mol. The van der Waals surface area contributed by atoms with Crippen molar-refractivity contribution in [3.63, 3.8) is 0 Å². The highest BCUT2D eigenvalue weighted by Gasteiger charge is 2.23. The normalized spacial score (nSPS) is 12.8. The molecule has 0 spiro atoms. The minimum atomic E-state index is -3.91. The molecule has 2 aromatic carbocycles. The van der Waals surface area contributed by atoms with E-state index in [1.165, 1.54) is 17.5 Å². The summed E-state index contributed by atoms with van der Waals surface area (Å²) in [6.45, 7) is 1.92. The van der Waals surface area contributed by atoms with Gasteiger partial charge in [-0.15, -0.1) is 11.3 Å². The van der Waals surface area contributed by atoms with Gasteiger partial charge in [-0.3, -0.25) is 4.98 Å². The Bertz CT molecular complexity index is 1310. The number of thiazole rings is 1. The highest BCUT2D eigenvalue weighted by Crippen LogP contribution is 2.33. The van der Waals surface area contributed by atoms with Gasteiger partial charge in [0.1, 0.15) is 21.5 Å². The second-order valence-electron chi connectivity index (χ2n) is 6.76. The van der Waals surface area contributed by atoms with E-state index in [1.54, 1.807) is 17.8 Å². The highest BCUT2D eigenvalue weighted by molar-refractivity contribution is 7.90. The average molecular weight is 462 g/mol. The maximum absolute atomic E-state index is 14.8. The Morgan fingerprint density at radius 1 is 1.23 bits per heavy atom. The molecule has 0 saturated carbocycles. The van der Waals surface area contributed by atoms with Crippen LogP contribution in [0.5, 0.6) is 0 Å².